The number of rotatable bonds is 5. The Balaban J connectivity index is 1.40. The van der Waals surface area contributed by atoms with E-state index in [0.717, 1.165) is 11.1 Å². The van der Waals surface area contributed by atoms with Crippen LogP contribution in [0.5, 0.6) is 5.75 Å². The first-order chi connectivity index (χ1) is 15.0. The molecule has 2 heterocycles. The van der Waals surface area contributed by atoms with E-state index in [9.17, 15) is 14.4 Å². The van der Waals surface area contributed by atoms with Crippen molar-refractivity contribution in [2.45, 2.75) is 19.5 Å². The second kappa shape index (κ2) is 8.70. The minimum atomic E-state index is -0.374. The smallest absolute Gasteiger partial charge is 0.347 e. The van der Waals surface area contributed by atoms with Gasteiger partial charge in [-0.1, -0.05) is 18.2 Å². The van der Waals surface area contributed by atoms with Gasteiger partial charge in [0, 0.05) is 18.1 Å². The molecule has 158 valence electrons. The molecule has 0 fully saturated rings. The van der Waals surface area contributed by atoms with Crippen molar-refractivity contribution in [3.05, 3.63) is 82.5 Å². The molecule has 1 aliphatic rings. The first kappa shape index (κ1) is 20.1. The summed E-state index contributed by atoms with van der Waals surface area (Å²) < 4.78 is 6.84. The maximum atomic E-state index is 12.5. The number of hydrogen-bond acceptors (Lipinski definition) is 5. The minimum Gasteiger partial charge on any atom is -0.482 e. The molecular weight excluding hydrogens is 398 g/mol. The minimum absolute atomic E-state index is 0.00294. The van der Waals surface area contributed by atoms with Gasteiger partial charge in [-0.15, -0.1) is 0 Å². The number of aromatic nitrogens is 2. The molecular formula is C22H21N5O4. The van der Waals surface area contributed by atoms with Crippen LogP contribution >= 0.6 is 0 Å². The maximum absolute atomic E-state index is 12.5. The SMILES string of the molecule is C[C@@H](NC(=O)Nc1cccc(Cn2cccnc2=O)c1)c1ccc2c(c1)NC(=O)CO2. The molecule has 3 amide bonds. The first-order valence-corrected chi connectivity index (χ1v) is 9.72. The molecule has 1 atom stereocenters. The number of hydrogen-bond donors (Lipinski definition) is 3. The third-order valence-corrected chi connectivity index (χ3v) is 4.80. The van der Waals surface area contributed by atoms with Crippen molar-refractivity contribution in [3.63, 3.8) is 0 Å². The Morgan fingerprint density at radius 2 is 2.10 bits per heavy atom. The van der Waals surface area contributed by atoms with Crippen molar-refractivity contribution in [2.24, 2.45) is 0 Å². The molecule has 0 aliphatic carbocycles. The summed E-state index contributed by atoms with van der Waals surface area (Å²) in [7, 11) is 0. The second-order valence-electron chi connectivity index (χ2n) is 7.14. The number of carbonyl (C=O) groups is 2. The molecule has 0 bridgehead atoms. The second-order valence-corrected chi connectivity index (χ2v) is 7.14. The van der Waals surface area contributed by atoms with Crippen LogP contribution in [0.3, 0.4) is 0 Å². The molecule has 0 unspecified atom stereocenters. The van der Waals surface area contributed by atoms with Gasteiger partial charge in [0.1, 0.15) is 5.75 Å². The number of amides is 3. The van der Waals surface area contributed by atoms with E-state index in [1.54, 1.807) is 36.5 Å². The van der Waals surface area contributed by atoms with E-state index < -0.39 is 0 Å². The van der Waals surface area contributed by atoms with Crippen LogP contribution in [-0.2, 0) is 11.3 Å². The topological polar surface area (TPSA) is 114 Å². The van der Waals surface area contributed by atoms with E-state index in [1.807, 2.05) is 25.1 Å². The highest BCUT2D eigenvalue weighted by Gasteiger charge is 2.18. The van der Waals surface area contributed by atoms with Gasteiger partial charge in [-0.3, -0.25) is 9.36 Å². The summed E-state index contributed by atoms with van der Waals surface area (Å²) in [6, 6.07) is 13.7. The number of anilines is 2. The van der Waals surface area contributed by atoms with Gasteiger partial charge in [-0.05, 0) is 48.4 Å². The molecule has 9 nitrogen and oxygen atoms in total. The molecule has 2 aromatic carbocycles. The van der Waals surface area contributed by atoms with E-state index in [4.69, 9.17) is 4.74 Å². The molecule has 31 heavy (non-hydrogen) atoms. The number of carbonyl (C=O) groups excluding carboxylic acids is 2. The average molecular weight is 419 g/mol. The number of urea groups is 1. The van der Waals surface area contributed by atoms with Gasteiger partial charge in [-0.2, -0.15) is 0 Å². The molecule has 0 saturated heterocycles. The Hall–Kier alpha value is -4.14. The Morgan fingerprint density at radius 1 is 1.23 bits per heavy atom. The summed E-state index contributed by atoms with van der Waals surface area (Å²) in [5.41, 5.74) is 2.53. The van der Waals surface area contributed by atoms with E-state index >= 15 is 0 Å². The summed E-state index contributed by atoms with van der Waals surface area (Å²) in [6.07, 6.45) is 3.11. The average Bonchev–Trinajstić information content (AvgIpc) is 2.75. The normalized spacial score (nSPS) is 13.4. The highest BCUT2D eigenvalue weighted by atomic mass is 16.5. The molecule has 4 rings (SSSR count). The monoisotopic (exact) mass is 419 g/mol. The fraction of sp³-hybridized carbons (Fsp3) is 0.182. The van der Waals surface area contributed by atoms with Gasteiger partial charge in [0.15, 0.2) is 6.61 Å². The Morgan fingerprint density at radius 3 is 2.94 bits per heavy atom. The van der Waals surface area contributed by atoms with E-state index in [-0.39, 0.29) is 30.3 Å². The highest BCUT2D eigenvalue weighted by Crippen LogP contribution is 2.30. The van der Waals surface area contributed by atoms with Gasteiger partial charge in [0.2, 0.25) is 0 Å². The summed E-state index contributed by atoms with van der Waals surface area (Å²) in [4.78, 5) is 39.5. The lowest BCUT2D eigenvalue weighted by Gasteiger charge is -2.21. The van der Waals surface area contributed by atoms with Crippen LogP contribution in [0.2, 0.25) is 0 Å². The van der Waals surface area contributed by atoms with Crippen LogP contribution in [0.4, 0.5) is 16.2 Å². The molecule has 0 radical (unpaired) electrons. The zero-order valence-corrected chi connectivity index (χ0v) is 16.8. The van der Waals surface area contributed by atoms with Crippen molar-refractivity contribution in [3.8, 4) is 5.75 Å². The molecule has 9 heteroatoms. The largest absolute Gasteiger partial charge is 0.482 e. The fourth-order valence-electron chi connectivity index (χ4n) is 3.27. The predicted octanol–water partition coefficient (Wildman–Crippen LogP) is 2.51. The Kier molecular flexibility index (Phi) is 5.65. The van der Waals surface area contributed by atoms with E-state index in [1.165, 1.54) is 10.8 Å². The Labute approximate surface area is 178 Å². The van der Waals surface area contributed by atoms with Crippen molar-refractivity contribution >= 4 is 23.3 Å². The van der Waals surface area contributed by atoms with Crippen LogP contribution in [0.25, 0.3) is 0 Å². The van der Waals surface area contributed by atoms with Crippen LogP contribution in [0, 0.1) is 0 Å². The summed E-state index contributed by atoms with van der Waals surface area (Å²) in [5, 5.41) is 8.43. The number of nitrogens with zero attached hydrogens (tertiary/aromatic N) is 2. The van der Waals surface area contributed by atoms with Gasteiger partial charge in [-0.25, -0.2) is 14.6 Å². The van der Waals surface area contributed by atoms with Crippen molar-refractivity contribution in [1.29, 1.82) is 0 Å². The van der Waals surface area contributed by atoms with Gasteiger partial charge in [0.05, 0.1) is 18.3 Å². The van der Waals surface area contributed by atoms with Crippen LogP contribution in [0.1, 0.15) is 24.1 Å². The maximum Gasteiger partial charge on any atom is 0.347 e. The zero-order valence-electron chi connectivity index (χ0n) is 16.8. The summed E-state index contributed by atoms with van der Waals surface area (Å²) in [5.74, 6) is 0.390. The third-order valence-electron chi connectivity index (χ3n) is 4.80. The van der Waals surface area contributed by atoms with E-state index in [2.05, 4.69) is 20.9 Å². The van der Waals surface area contributed by atoms with Crippen LogP contribution < -0.4 is 26.4 Å². The summed E-state index contributed by atoms with van der Waals surface area (Å²) in [6.45, 7) is 2.19. The predicted molar refractivity (Wildman–Crippen MR) is 115 cm³/mol. The molecule has 1 aromatic heterocycles. The first-order valence-electron chi connectivity index (χ1n) is 9.72. The summed E-state index contributed by atoms with van der Waals surface area (Å²) >= 11 is 0. The molecule has 3 aromatic rings. The van der Waals surface area contributed by atoms with E-state index in [0.29, 0.717) is 23.7 Å². The van der Waals surface area contributed by atoms with Gasteiger partial charge >= 0.3 is 11.7 Å². The standard InChI is InChI=1S/C22H21N5O4/c1-14(16-6-7-19-18(11-16)26-20(28)13-31-19)24-21(29)25-17-5-2-4-15(10-17)12-27-9-3-8-23-22(27)30/h2-11,14H,12-13H2,1H3,(H,26,28)(H2,24,25,29)/t14-/m1/s1. The number of benzene rings is 2. The lowest BCUT2D eigenvalue weighted by molar-refractivity contribution is -0.118. The van der Waals surface area contributed by atoms with Gasteiger partial charge in [0.25, 0.3) is 5.91 Å². The van der Waals surface area contributed by atoms with Crippen LogP contribution in [-0.4, -0.2) is 28.1 Å². The van der Waals surface area contributed by atoms with Gasteiger partial charge < -0.3 is 20.7 Å². The number of nitrogens with one attached hydrogen (secondary N) is 3. The molecule has 3 N–H and O–H groups in total. The van der Waals surface area contributed by atoms with Crippen LogP contribution in [0.15, 0.2) is 65.7 Å². The van der Waals surface area contributed by atoms with Crippen molar-refractivity contribution in [1.82, 2.24) is 14.9 Å². The molecule has 0 spiro atoms. The number of fused-ring (bicyclic) bond motifs is 1. The molecule has 0 saturated carbocycles. The van der Waals surface area contributed by atoms with Crippen molar-refractivity contribution in [2.75, 3.05) is 17.2 Å². The lowest BCUT2D eigenvalue weighted by Crippen LogP contribution is -2.31. The Bertz CT molecular complexity index is 1190. The lowest BCUT2D eigenvalue weighted by atomic mass is 10.1. The molecule has 1 aliphatic heterocycles. The zero-order chi connectivity index (χ0) is 21.8. The quantitative estimate of drug-likeness (QED) is 0.588. The fourth-order valence-corrected chi connectivity index (χ4v) is 3.27. The third kappa shape index (κ3) is 4.89. The highest BCUT2D eigenvalue weighted by molar-refractivity contribution is 5.95. The number of ether oxygens (including phenoxy) is 1. The van der Waals surface area contributed by atoms with Crippen molar-refractivity contribution < 1.29 is 14.3 Å².